The van der Waals surface area contributed by atoms with E-state index in [4.69, 9.17) is 10.5 Å². The summed E-state index contributed by atoms with van der Waals surface area (Å²) in [7, 11) is 1.41. The lowest BCUT2D eigenvalue weighted by atomic mass is 10.0. The summed E-state index contributed by atoms with van der Waals surface area (Å²) in [5.74, 6) is -1.66. The average Bonchev–Trinajstić information content (AvgIpc) is 2.20. The number of nitrogens with two attached hydrogens (primary N) is 1. The predicted molar refractivity (Wildman–Crippen MR) is 50.4 cm³/mol. The van der Waals surface area contributed by atoms with Crippen molar-refractivity contribution in [3.63, 3.8) is 0 Å². The van der Waals surface area contributed by atoms with E-state index < -0.39 is 11.6 Å². The van der Waals surface area contributed by atoms with E-state index in [9.17, 15) is 8.78 Å². The minimum absolute atomic E-state index is 0.223. The van der Waals surface area contributed by atoms with Crippen LogP contribution >= 0.6 is 0 Å². The molecule has 78 valence electrons. The zero-order chi connectivity index (χ0) is 10.7. The first-order valence-electron chi connectivity index (χ1n) is 4.33. The Kier molecular flexibility index (Phi) is 3.41. The zero-order valence-electron chi connectivity index (χ0n) is 8.18. The molecule has 0 amide bonds. The van der Waals surface area contributed by atoms with Gasteiger partial charge < -0.3 is 10.5 Å². The lowest BCUT2D eigenvalue weighted by Gasteiger charge is -2.12. The normalized spacial score (nSPS) is 12.6. The van der Waals surface area contributed by atoms with Crippen LogP contribution in [0.15, 0.2) is 12.1 Å². The summed E-state index contributed by atoms with van der Waals surface area (Å²) in [5, 5.41) is 0. The Bertz CT molecular complexity index is 328. The number of hydrogen-bond acceptors (Lipinski definition) is 2. The number of benzene rings is 1. The molecular formula is C10H13F2NO. The third kappa shape index (κ3) is 2.01. The van der Waals surface area contributed by atoms with Gasteiger partial charge >= 0.3 is 0 Å². The summed E-state index contributed by atoms with van der Waals surface area (Å²) >= 11 is 0. The molecule has 0 aliphatic carbocycles. The van der Waals surface area contributed by atoms with Crippen molar-refractivity contribution < 1.29 is 13.5 Å². The SMILES string of the molecule is COc1cc(F)c(F)c(C(C)CN)c1. The minimum Gasteiger partial charge on any atom is -0.497 e. The molecule has 0 spiro atoms. The van der Waals surface area contributed by atoms with Gasteiger partial charge in [0, 0.05) is 6.07 Å². The van der Waals surface area contributed by atoms with Crippen LogP contribution in [0.25, 0.3) is 0 Å². The Morgan fingerprint density at radius 1 is 1.43 bits per heavy atom. The number of ether oxygens (including phenoxy) is 1. The highest BCUT2D eigenvalue weighted by molar-refractivity contribution is 5.33. The fourth-order valence-corrected chi connectivity index (χ4v) is 1.19. The van der Waals surface area contributed by atoms with Gasteiger partial charge in [-0.1, -0.05) is 6.92 Å². The molecule has 1 rings (SSSR count). The molecular weight excluding hydrogens is 188 g/mol. The summed E-state index contributed by atoms with van der Waals surface area (Å²) in [5.41, 5.74) is 5.64. The van der Waals surface area contributed by atoms with Gasteiger partial charge in [-0.3, -0.25) is 0 Å². The molecule has 1 aromatic carbocycles. The summed E-state index contributed by atoms with van der Waals surface area (Å²) in [4.78, 5) is 0. The van der Waals surface area contributed by atoms with Crippen LogP contribution in [0.5, 0.6) is 5.75 Å². The van der Waals surface area contributed by atoms with Crippen LogP contribution in [-0.4, -0.2) is 13.7 Å². The van der Waals surface area contributed by atoms with Crippen molar-refractivity contribution >= 4 is 0 Å². The van der Waals surface area contributed by atoms with Crippen LogP contribution in [0.1, 0.15) is 18.4 Å². The fraction of sp³-hybridized carbons (Fsp3) is 0.400. The summed E-state index contributed by atoms with van der Waals surface area (Å²) in [6.07, 6.45) is 0. The standard InChI is InChI=1S/C10H13F2NO/c1-6(5-13)8-3-7(14-2)4-9(11)10(8)12/h3-4,6H,5,13H2,1-2H3. The molecule has 2 N–H and O–H groups in total. The topological polar surface area (TPSA) is 35.2 Å². The van der Waals surface area contributed by atoms with E-state index in [2.05, 4.69) is 0 Å². The molecule has 0 aliphatic rings. The van der Waals surface area contributed by atoms with Crippen LogP contribution < -0.4 is 10.5 Å². The largest absolute Gasteiger partial charge is 0.497 e. The molecule has 14 heavy (non-hydrogen) atoms. The first-order chi connectivity index (χ1) is 6.60. The Hall–Kier alpha value is -1.16. The molecule has 0 radical (unpaired) electrons. The van der Waals surface area contributed by atoms with Gasteiger partial charge in [0.25, 0.3) is 0 Å². The van der Waals surface area contributed by atoms with Gasteiger partial charge in [-0.05, 0) is 24.1 Å². The Morgan fingerprint density at radius 2 is 2.07 bits per heavy atom. The van der Waals surface area contributed by atoms with Gasteiger partial charge in [0.2, 0.25) is 0 Å². The monoisotopic (exact) mass is 201 g/mol. The van der Waals surface area contributed by atoms with E-state index in [1.54, 1.807) is 6.92 Å². The molecule has 0 aliphatic heterocycles. The van der Waals surface area contributed by atoms with E-state index in [0.29, 0.717) is 5.75 Å². The van der Waals surface area contributed by atoms with Crippen LogP contribution in [-0.2, 0) is 0 Å². The van der Waals surface area contributed by atoms with Gasteiger partial charge in [0.05, 0.1) is 7.11 Å². The van der Waals surface area contributed by atoms with Crippen LogP contribution in [0.3, 0.4) is 0 Å². The summed E-state index contributed by atoms with van der Waals surface area (Å²) in [6.45, 7) is 2.00. The molecule has 0 saturated heterocycles. The third-order valence-electron chi connectivity index (χ3n) is 2.15. The van der Waals surface area contributed by atoms with Crippen LogP contribution in [0.4, 0.5) is 8.78 Å². The van der Waals surface area contributed by atoms with Crippen molar-refractivity contribution in [3.8, 4) is 5.75 Å². The first-order valence-corrected chi connectivity index (χ1v) is 4.33. The maximum Gasteiger partial charge on any atom is 0.162 e. The van der Waals surface area contributed by atoms with Crippen molar-refractivity contribution in [2.45, 2.75) is 12.8 Å². The van der Waals surface area contributed by atoms with Crippen molar-refractivity contribution in [1.29, 1.82) is 0 Å². The molecule has 0 saturated carbocycles. The predicted octanol–water partition coefficient (Wildman–Crippen LogP) is 2.04. The average molecular weight is 201 g/mol. The molecule has 0 aromatic heterocycles. The van der Waals surface area contributed by atoms with Crippen molar-refractivity contribution in [3.05, 3.63) is 29.3 Å². The second-order valence-electron chi connectivity index (χ2n) is 3.15. The maximum absolute atomic E-state index is 13.3. The molecule has 0 heterocycles. The van der Waals surface area contributed by atoms with Crippen LogP contribution in [0, 0.1) is 11.6 Å². The fourth-order valence-electron chi connectivity index (χ4n) is 1.19. The lowest BCUT2D eigenvalue weighted by Crippen LogP contribution is -2.11. The highest BCUT2D eigenvalue weighted by Crippen LogP contribution is 2.25. The second kappa shape index (κ2) is 4.37. The second-order valence-corrected chi connectivity index (χ2v) is 3.15. The smallest absolute Gasteiger partial charge is 0.162 e. The zero-order valence-corrected chi connectivity index (χ0v) is 8.18. The Balaban J connectivity index is 3.20. The number of hydrogen-bond donors (Lipinski definition) is 1. The number of halogens is 2. The van der Waals surface area contributed by atoms with E-state index in [0.717, 1.165) is 6.07 Å². The highest BCUT2D eigenvalue weighted by Gasteiger charge is 2.15. The van der Waals surface area contributed by atoms with Gasteiger partial charge in [-0.2, -0.15) is 0 Å². The van der Waals surface area contributed by atoms with Crippen molar-refractivity contribution in [1.82, 2.24) is 0 Å². The van der Waals surface area contributed by atoms with E-state index >= 15 is 0 Å². The van der Waals surface area contributed by atoms with E-state index in [-0.39, 0.29) is 18.0 Å². The molecule has 0 fully saturated rings. The third-order valence-corrected chi connectivity index (χ3v) is 2.15. The highest BCUT2D eigenvalue weighted by atomic mass is 19.2. The molecule has 4 heteroatoms. The molecule has 1 atom stereocenters. The van der Waals surface area contributed by atoms with Crippen LogP contribution in [0.2, 0.25) is 0 Å². The molecule has 2 nitrogen and oxygen atoms in total. The van der Waals surface area contributed by atoms with Gasteiger partial charge in [-0.25, -0.2) is 8.78 Å². The van der Waals surface area contributed by atoms with E-state index in [1.165, 1.54) is 13.2 Å². The van der Waals surface area contributed by atoms with Crippen molar-refractivity contribution in [2.75, 3.05) is 13.7 Å². The molecule has 0 bridgehead atoms. The summed E-state index contributed by atoms with van der Waals surface area (Å²) < 4.78 is 31.1. The number of rotatable bonds is 3. The molecule has 1 aromatic rings. The minimum atomic E-state index is -0.903. The van der Waals surface area contributed by atoms with Crippen molar-refractivity contribution in [2.24, 2.45) is 5.73 Å². The number of methoxy groups -OCH3 is 1. The quantitative estimate of drug-likeness (QED) is 0.812. The maximum atomic E-state index is 13.3. The van der Waals surface area contributed by atoms with Gasteiger partial charge in [-0.15, -0.1) is 0 Å². The first kappa shape index (κ1) is 10.9. The Labute approximate surface area is 81.7 Å². The Morgan fingerprint density at radius 3 is 2.57 bits per heavy atom. The summed E-state index contributed by atoms with van der Waals surface area (Å²) in [6, 6.07) is 2.48. The van der Waals surface area contributed by atoms with E-state index in [1.807, 2.05) is 0 Å². The van der Waals surface area contributed by atoms with Gasteiger partial charge in [0.15, 0.2) is 11.6 Å². The molecule has 1 unspecified atom stereocenters. The lowest BCUT2D eigenvalue weighted by molar-refractivity contribution is 0.403. The van der Waals surface area contributed by atoms with Gasteiger partial charge in [0.1, 0.15) is 5.75 Å².